The number of hydrogen-bond donors (Lipinski definition) is 0. The second-order valence-electron chi connectivity index (χ2n) is 4.20. The third kappa shape index (κ3) is 2.03. The molecule has 0 N–H and O–H groups in total. The van der Waals surface area contributed by atoms with E-state index in [0.717, 1.165) is 0 Å². The molecule has 2 nitrogen and oxygen atoms in total. The van der Waals surface area contributed by atoms with E-state index in [4.69, 9.17) is 0 Å². The van der Waals surface area contributed by atoms with Crippen molar-refractivity contribution in [1.29, 1.82) is 0 Å². The van der Waals surface area contributed by atoms with Gasteiger partial charge < -0.3 is 0 Å². The van der Waals surface area contributed by atoms with Gasteiger partial charge in [0.15, 0.2) is 0 Å². The van der Waals surface area contributed by atoms with E-state index in [1.165, 1.54) is 0 Å². The monoisotopic (exact) mass is 324 g/mol. The van der Waals surface area contributed by atoms with Crippen LogP contribution >= 0.6 is 0 Å². The minimum atomic E-state index is -6.10. The standard InChI is InChI=1S/C8H6F10O2/c1-3(9,10)5(13)6(14,4(2,11)12)20-8(17,18)7(15,16)19-5/h1-2H3. The molecule has 1 rings (SSSR count). The van der Waals surface area contributed by atoms with E-state index in [0.29, 0.717) is 0 Å². The van der Waals surface area contributed by atoms with Crippen molar-refractivity contribution in [3.05, 3.63) is 0 Å². The summed E-state index contributed by atoms with van der Waals surface area (Å²) >= 11 is 0. The first-order valence-corrected chi connectivity index (χ1v) is 4.71. The molecule has 2 unspecified atom stereocenters. The smallest absolute Gasteiger partial charge is 0.265 e. The Bertz CT molecular complexity index is 361. The molecule has 0 spiro atoms. The fourth-order valence-corrected chi connectivity index (χ4v) is 1.35. The molecule has 2 atom stereocenters. The molecule has 0 aromatic carbocycles. The molecule has 20 heavy (non-hydrogen) atoms. The highest BCUT2D eigenvalue weighted by Crippen LogP contribution is 2.61. The van der Waals surface area contributed by atoms with Crippen LogP contribution in [-0.2, 0) is 9.47 Å². The van der Waals surface area contributed by atoms with Crippen molar-refractivity contribution in [2.45, 2.75) is 49.6 Å². The summed E-state index contributed by atoms with van der Waals surface area (Å²) in [5.74, 6) is -22.4. The minimum absolute atomic E-state index is 0.615. The second kappa shape index (κ2) is 3.90. The molecular weight excluding hydrogens is 318 g/mol. The van der Waals surface area contributed by atoms with Gasteiger partial charge in [-0.2, -0.15) is 26.3 Å². The Morgan fingerprint density at radius 2 is 0.800 bits per heavy atom. The first kappa shape index (κ1) is 17.3. The third-order valence-electron chi connectivity index (χ3n) is 2.42. The molecular formula is C8H6F10O2. The summed E-state index contributed by atoms with van der Waals surface area (Å²) in [6.45, 7) is -1.23. The average Bonchev–Trinajstić information content (AvgIpc) is 2.09. The third-order valence-corrected chi connectivity index (χ3v) is 2.42. The molecule has 0 aromatic rings. The van der Waals surface area contributed by atoms with Gasteiger partial charge in [-0.15, -0.1) is 0 Å². The fourth-order valence-electron chi connectivity index (χ4n) is 1.35. The Balaban J connectivity index is 3.55. The lowest BCUT2D eigenvalue weighted by molar-refractivity contribution is -0.601. The van der Waals surface area contributed by atoms with Gasteiger partial charge >= 0.3 is 35.8 Å². The molecule has 1 saturated heterocycles. The number of hydrogen-bond acceptors (Lipinski definition) is 2. The predicted molar refractivity (Wildman–Crippen MR) is 41.0 cm³/mol. The predicted octanol–water partition coefficient (Wildman–Crippen LogP) is 3.86. The van der Waals surface area contributed by atoms with Crippen molar-refractivity contribution >= 4 is 0 Å². The summed E-state index contributed by atoms with van der Waals surface area (Å²) in [5.41, 5.74) is 0. The summed E-state index contributed by atoms with van der Waals surface area (Å²) in [4.78, 5) is 0. The quantitative estimate of drug-likeness (QED) is 0.718. The maximum atomic E-state index is 13.7. The van der Waals surface area contributed by atoms with E-state index < -0.39 is 49.6 Å². The van der Waals surface area contributed by atoms with E-state index in [9.17, 15) is 43.9 Å². The summed E-state index contributed by atoms with van der Waals surface area (Å²) in [5, 5.41) is 0. The highest BCUT2D eigenvalue weighted by molar-refractivity contribution is 5.06. The van der Waals surface area contributed by atoms with E-state index >= 15 is 0 Å². The first-order valence-electron chi connectivity index (χ1n) is 4.71. The van der Waals surface area contributed by atoms with Crippen LogP contribution in [0.3, 0.4) is 0 Å². The van der Waals surface area contributed by atoms with Crippen LogP contribution in [0.2, 0.25) is 0 Å². The zero-order valence-electron chi connectivity index (χ0n) is 9.60. The van der Waals surface area contributed by atoms with Gasteiger partial charge in [-0.05, 0) is 0 Å². The summed E-state index contributed by atoms with van der Waals surface area (Å²) in [6, 6.07) is 0. The Morgan fingerprint density at radius 1 is 0.600 bits per heavy atom. The number of alkyl halides is 10. The van der Waals surface area contributed by atoms with Crippen LogP contribution in [0.4, 0.5) is 43.9 Å². The summed E-state index contributed by atoms with van der Waals surface area (Å²) in [6.07, 6.45) is -12.2. The van der Waals surface area contributed by atoms with Crippen molar-refractivity contribution in [2.75, 3.05) is 0 Å². The van der Waals surface area contributed by atoms with Crippen LogP contribution in [-0.4, -0.2) is 35.8 Å². The fraction of sp³-hybridized carbons (Fsp3) is 1.00. The Hall–Kier alpha value is -0.780. The molecule has 1 aliphatic heterocycles. The Labute approximate surface area is 104 Å². The van der Waals surface area contributed by atoms with Gasteiger partial charge in [-0.1, -0.05) is 0 Å². The largest absolute Gasteiger partial charge is 0.451 e. The lowest BCUT2D eigenvalue weighted by atomic mass is 9.95. The molecule has 1 fully saturated rings. The lowest BCUT2D eigenvalue weighted by Gasteiger charge is -2.50. The van der Waals surface area contributed by atoms with Gasteiger partial charge in [0.2, 0.25) is 0 Å². The van der Waals surface area contributed by atoms with E-state index in [-0.39, 0.29) is 0 Å². The maximum absolute atomic E-state index is 13.7. The molecule has 0 aliphatic carbocycles. The van der Waals surface area contributed by atoms with Gasteiger partial charge in [0.05, 0.1) is 0 Å². The summed E-state index contributed by atoms with van der Waals surface area (Å²) in [7, 11) is 0. The Kier molecular flexibility index (Phi) is 3.37. The molecule has 0 aromatic heterocycles. The molecule has 1 aliphatic rings. The maximum Gasteiger partial charge on any atom is 0.451 e. The lowest BCUT2D eigenvalue weighted by Crippen LogP contribution is -2.76. The van der Waals surface area contributed by atoms with Crippen molar-refractivity contribution in [3.63, 3.8) is 0 Å². The highest BCUT2D eigenvalue weighted by atomic mass is 19.3. The second-order valence-corrected chi connectivity index (χ2v) is 4.20. The van der Waals surface area contributed by atoms with E-state index in [2.05, 4.69) is 9.47 Å². The van der Waals surface area contributed by atoms with E-state index in [1.54, 1.807) is 0 Å². The molecule has 120 valence electrons. The van der Waals surface area contributed by atoms with Crippen LogP contribution < -0.4 is 0 Å². The highest BCUT2D eigenvalue weighted by Gasteiger charge is 2.88. The molecule has 1 heterocycles. The van der Waals surface area contributed by atoms with Crippen LogP contribution in [0.15, 0.2) is 0 Å². The van der Waals surface area contributed by atoms with Crippen molar-refractivity contribution in [3.8, 4) is 0 Å². The number of halogens is 10. The normalized spacial score (nSPS) is 37.8. The van der Waals surface area contributed by atoms with E-state index in [1.807, 2.05) is 0 Å². The van der Waals surface area contributed by atoms with Gasteiger partial charge in [-0.3, -0.25) is 9.47 Å². The molecule has 0 amide bonds. The van der Waals surface area contributed by atoms with Crippen molar-refractivity contribution < 1.29 is 53.4 Å². The van der Waals surface area contributed by atoms with Gasteiger partial charge in [0.1, 0.15) is 0 Å². The van der Waals surface area contributed by atoms with Crippen LogP contribution in [0.25, 0.3) is 0 Å². The first-order chi connectivity index (χ1) is 8.41. The van der Waals surface area contributed by atoms with Gasteiger partial charge in [0, 0.05) is 13.8 Å². The molecule has 0 bridgehead atoms. The summed E-state index contributed by atoms with van der Waals surface area (Å²) < 4.78 is 134. The van der Waals surface area contributed by atoms with Crippen LogP contribution in [0.1, 0.15) is 13.8 Å². The van der Waals surface area contributed by atoms with Crippen molar-refractivity contribution in [2.24, 2.45) is 0 Å². The SMILES string of the molecule is CC(F)(F)C1(F)OC(F)(F)C(F)(F)OC1(F)C(C)(F)F. The topological polar surface area (TPSA) is 18.5 Å². The molecule has 0 saturated carbocycles. The Morgan fingerprint density at radius 3 is 0.950 bits per heavy atom. The van der Waals surface area contributed by atoms with Gasteiger partial charge in [-0.25, -0.2) is 17.6 Å². The van der Waals surface area contributed by atoms with Gasteiger partial charge in [0.25, 0.3) is 0 Å². The number of ether oxygens (including phenoxy) is 2. The van der Waals surface area contributed by atoms with Crippen LogP contribution in [0.5, 0.6) is 0 Å². The molecule has 0 radical (unpaired) electrons. The zero-order valence-corrected chi connectivity index (χ0v) is 9.60. The van der Waals surface area contributed by atoms with Crippen LogP contribution in [0, 0.1) is 0 Å². The van der Waals surface area contributed by atoms with Crippen molar-refractivity contribution in [1.82, 2.24) is 0 Å². The minimum Gasteiger partial charge on any atom is -0.265 e. The molecule has 12 heteroatoms. The average molecular weight is 324 g/mol. The number of rotatable bonds is 2. The zero-order chi connectivity index (χ0) is 16.4.